The number of hydrogen-bond donors (Lipinski definition) is 0. The second-order valence-electron chi connectivity index (χ2n) is 4.65. The van der Waals surface area contributed by atoms with Gasteiger partial charge in [0.1, 0.15) is 17.5 Å². The number of nitriles is 1. The van der Waals surface area contributed by atoms with E-state index in [4.69, 9.17) is 4.74 Å². The lowest BCUT2D eigenvalue weighted by atomic mass is 9.82. The molecule has 2 aromatic rings. The highest BCUT2D eigenvalue weighted by molar-refractivity contribution is 5.48. The van der Waals surface area contributed by atoms with Gasteiger partial charge in [0.25, 0.3) is 0 Å². The molecule has 0 bridgehead atoms. The van der Waals surface area contributed by atoms with E-state index in [9.17, 15) is 5.26 Å². The molecule has 1 aromatic carbocycles. The van der Waals surface area contributed by atoms with Gasteiger partial charge in [-0.25, -0.2) is 4.68 Å². The molecule has 1 saturated carbocycles. The van der Waals surface area contributed by atoms with Crippen LogP contribution < -0.4 is 4.74 Å². The second kappa shape index (κ2) is 4.73. The van der Waals surface area contributed by atoms with Gasteiger partial charge in [-0.2, -0.15) is 5.26 Å². The van der Waals surface area contributed by atoms with Gasteiger partial charge in [0.15, 0.2) is 5.69 Å². The molecule has 0 radical (unpaired) electrons. The Morgan fingerprint density at radius 1 is 1.37 bits per heavy atom. The second-order valence-corrected chi connectivity index (χ2v) is 4.65. The fourth-order valence-corrected chi connectivity index (χ4v) is 2.40. The van der Waals surface area contributed by atoms with Crippen molar-refractivity contribution in [3.05, 3.63) is 35.7 Å². The minimum Gasteiger partial charge on any atom is -0.494 e. The first-order valence-electron chi connectivity index (χ1n) is 6.34. The highest BCUT2D eigenvalue weighted by Crippen LogP contribution is 2.39. The molecule has 1 aromatic heterocycles. The Kier molecular flexibility index (Phi) is 2.92. The van der Waals surface area contributed by atoms with E-state index < -0.39 is 0 Å². The van der Waals surface area contributed by atoms with Crippen molar-refractivity contribution in [3.8, 4) is 17.5 Å². The molecule has 1 fully saturated rings. The third kappa shape index (κ3) is 1.85. The van der Waals surface area contributed by atoms with Crippen LogP contribution >= 0.6 is 0 Å². The first-order chi connectivity index (χ1) is 9.35. The molecule has 0 amide bonds. The lowest BCUT2D eigenvalue weighted by Gasteiger charge is -2.26. The minimum absolute atomic E-state index is 0.384. The maximum absolute atomic E-state index is 9.18. The van der Waals surface area contributed by atoms with Crippen molar-refractivity contribution in [2.75, 3.05) is 7.11 Å². The number of rotatable bonds is 3. The average Bonchev–Trinajstić information content (AvgIpc) is 2.80. The number of hydrogen-bond acceptors (Lipinski definition) is 4. The number of para-hydroxylation sites is 2. The summed E-state index contributed by atoms with van der Waals surface area (Å²) >= 11 is 0. The van der Waals surface area contributed by atoms with E-state index in [2.05, 4.69) is 16.4 Å². The van der Waals surface area contributed by atoms with Crippen LogP contribution in [-0.4, -0.2) is 22.1 Å². The molecular weight excluding hydrogens is 240 g/mol. The molecule has 5 heteroatoms. The SMILES string of the molecule is COc1ccccc1-n1nnc(C#N)c1C1CCC1. The molecule has 19 heavy (non-hydrogen) atoms. The maximum Gasteiger partial charge on any atom is 0.186 e. The topological polar surface area (TPSA) is 63.7 Å². The van der Waals surface area contributed by atoms with Crippen LogP contribution in [0.2, 0.25) is 0 Å². The van der Waals surface area contributed by atoms with Gasteiger partial charge in [0.05, 0.1) is 12.8 Å². The summed E-state index contributed by atoms with van der Waals surface area (Å²) in [4.78, 5) is 0. The monoisotopic (exact) mass is 254 g/mol. The zero-order chi connectivity index (χ0) is 13.2. The Hall–Kier alpha value is -2.35. The highest BCUT2D eigenvalue weighted by Gasteiger charge is 2.29. The zero-order valence-electron chi connectivity index (χ0n) is 10.7. The van der Waals surface area contributed by atoms with Crippen LogP contribution in [0.1, 0.15) is 36.6 Å². The van der Waals surface area contributed by atoms with Crippen molar-refractivity contribution in [1.29, 1.82) is 5.26 Å². The van der Waals surface area contributed by atoms with Crippen LogP contribution in [0.25, 0.3) is 5.69 Å². The zero-order valence-corrected chi connectivity index (χ0v) is 10.7. The molecule has 0 unspecified atom stereocenters. The van der Waals surface area contributed by atoms with Gasteiger partial charge in [-0.3, -0.25) is 0 Å². The first-order valence-corrected chi connectivity index (χ1v) is 6.34. The highest BCUT2D eigenvalue weighted by atomic mass is 16.5. The number of nitrogens with zero attached hydrogens (tertiary/aromatic N) is 4. The lowest BCUT2D eigenvalue weighted by Crippen LogP contribution is -2.15. The van der Waals surface area contributed by atoms with Gasteiger partial charge in [0, 0.05) is 5.92 Å². The lowest BCUT2D eigenvalue weighted by molar-refractivity contribution is 0.394. The third-order valence-electron chi connectivity index (χ3n) is 3.62. The van der Waals surface area contributed by atoms with Crippen LogP contribution in [0.5, 0.6) is 5.75 Å². The predicted octanol–water partition coefficient (Wildman–Crippen LogP) is 2.42. The van der Waals surface area contributed by atoms with Crippen LogP contribution in [0.15, 0.2) is 24.3 Å². The van der Waals surface area contributed by atoms with Gasteiger partial charge < -0.3 is 4.74 Å². The Bertz CT molecular complexity index is 637. The summed E-state index contributed by atoms with van der Waals surface area (Å²) in [6, 6.07) is 9.78. The van der Waals surface area contributed by atoms with Crippen LogP contribution in [0.4, 0.5) is 0 Å². The van der Waals surface area contributed by atoms with Gasteiger partial charge in [0.2, 0.25) is 0 Å². The summed E-state index contributed by atoms with van der Waals surface area (Å²) in [5.41, 5.74) is 2.18. The van der Waals surface area contributed by atoms with Crippen molar-refractivity contribution in [1.82, 2.24) is 15.0 Å². The van der Waals surface area contributed by atoms with Crippen molar-refractivity contribution < 1.29 is 4.74 Å². The Morgan fingerprint density at radius 3 is 2.79 bits per heavy atom. The molecule has 0 spiro atoms. The van der Waals surface area contributed by atoms with Gasteiger partial charge >= 0.3 is 0 Å². The molecule has 0 aliphatic heterocycles. The fraction of sp³-hybridized carbons (Fsp3) is 0.357. The Labute approximate surface area is 111 Å². The van der Waals surface area contributed by atoms with E-state index in [1.165, 1.54) is 6.42 Å². The molecule has 96 valence electrons. The van der Waals surface area contributed by atoms with Crippen molar-refractivity contribution in [2.24, 2.45) is 0 Å². The van der Waals surface area contributed by atoms with Crippen molar-refractivity contribution in [3.63, 3.8) is 0 Å². The number of methoxy groups -OCH3 is 1. The summed E-state index contributed by atoms with van der Waals surface area (Å²) in [7, 11) is 1.63. The average molecular weight is 254 g/mol. The Morgan fingerprint density at radius 2 is 2.16 bits per heavy atom. The van der Waals surface area contributed by atoms with Gasteiger partial charge in [-0.1, -0.05) is 23.8 Å². The van der Waals surface area contributed by atoms with E-state index in [1.54, 1.807) is 11.8 Å². The summed E-state index contributed by atoms with van der Waals surface area (Å²) in [5.74, 6) is 1.12. The molecular formula is C14H14N4O. The van der Waals surface area contributed by atoms with Gasteiger partial charge in [-0.15, -0.1) is 5.10 Å². The summed E-state index contributed by atoms with van der Waals surface area (Å²) < 4.78 is 7.11. The normalized spacial score (nSPS) is 14.7. The summed E-state index contributed by atoms with van der Waals surface area (Å²) in [6.45, 7) is 0. The predicted molar refractivity (Wildman–Crippen MR) is 69.2 cm³/mol. The molecule has 0 N–H and O–H groups in total. The standard InChI is InChI=1S/C14H14N4O/c1-19-13-8-3-2-7-12(13)18-14(10-5-4-6-10)11(9-15)16-17-18/h2-3,7-8,10H,4-6H2,1H3. The number of aromatic nitrogens is 3. The quantitative estimate of drug-likeness (QED) is 0.843. The molecule has 1 heterocycles. The third-order valence-corrected chi connectivity index (χ3v) is 3.62. The van der Waals surface area contributed by atoms with Gasteiger partial charge in [-0.05, 0) is 25.0 Å². The van der Waals surface area contributed by atoms with E-state index >= 15 is 0 Å². The minimum atomic E-state index is 0.384. The van der Waals surface area contributed by atoms with Crippen molar-refractivity contribution in [2.45, 2.75) is 25.2 Å². The molecule has 0 atom stereocenters. The van der Waals surface area contributed by atoms with E-state index in [-0.39, 0.29) is 0 Å². The number of ether oxygens (including phenoxy) is 1. The first kappa shape index (κ1) is 11.7. The molecule has 0 saturated heterocycles. The van der Waals surface area contributed by atoms with Crippen LogP contribution in [0, 0.1) is 11.3 Å². The summed E-state index contributed by atoms with van der Waals surface area (Å²) in [5, 5.41) is 17.3. The number of benzene rings is 1. The molecule has 5 nitrogen and oxygen atoms in total. The molecule has 1 aliphatic rings. The van der Waals surface area contributed by atoms with E-state index in [1.807, 2.05) is 24.3 Å². The van der Waals surface area contributed by atoms with E-state index in [0.717, 1.165) is 30.0 Å². The molecule has 3 rings (SSSR count). The smallest absolute Gasteiger partial charge is 0.186 e. The largest absolute Gasteiger partial charge is 0.494 e. The van der Waals surface area contributed by atoms with Crippen LogP contribution in [0.3, 0.4) is 0 Å². The summed E-state index contributed by atoms with van der Waals surface area (Å²) in [6.07, 6.45) is 3.39. The maximum atomic E-state index is 9.18. The molecule has 1 aliphatic carbocycles. The van der Waals surface area contributed by atoms with Crippen molar-refractivity contribution >= 4 is 0 Å². The fourth-order valence-electron chi connectivity index (χ4n) is 2.40. The van der Waals surface area contributed by atoms with E-state index in [0.29, 0.717) is 11.6 Å². The van der Waals surface area contributed by atoms with Crippen LogP contribution in [-0.2, 0) is 0 Å². The Balaban J connectivity index is 2.15.